The van der Waals surface area contributed by atoms with Crippen molar-refractivity contribution in [3.63, 3.8) is 0 Å². The lowest BCUT2D eigenvalue weighted by Gasteiger charge is -2.32. The van der Waals surface area contributed by atoms with Crippen molar-refractivity contribution >= 4 is 23.5 Å². The second kappa shape index (κ2) is 9.94. The highest BCUT2D eigenvalue weighted by molar-refractivity contribution is 6.18. The number of cyclic esters (lactones) is 1. The molecular weight excluding hydrogens is 298 g/mol. The first-order chi connectivity index (χ1) is 10.1. The summed E-state index contributed by atoms with van der Waals surface area (Å²) < 4.78 is 5.37. The third-order valence-corrected chi connectivity index (χ3v) is 3.56. The smallest absolute Gasteiger partial charge is 0.307 e. The van der Waals surface area contributed by atoms with Crippen LogP contribution in [0.15, 0.2) is 0 Å². The van der Waals surface area contributed by atoms with Gasteiger partial charge in [0.15, 0.2) is 6.23 Å². The molecule has 1 saturated heterocycles. The summed E-state index contributed by atoms with van der Waals surface area (Å²) >= 11 is 5.59. The van der Waals surface area contributed by atoms with Gasteiger partial charge in [0.05, 0.1) is 12.6 Å². The fourth-order valence-corrected chi connectivity index (χ4v) is 2.21. The van der Waals surface area contributed by atoms with Crippen molar-refractivity contribution in [2.45, 2.75) is 38.0 Å². The summed E-state index contributed by atoms with van der Waals surface area (Å²) in [4.78, 5) is 25.0. The van der Waals surface area contributed by atoms with Crippen LogP contribution in [0.4, 0.5) is 0 Å². The molecule has 7 nitrogen and oxygen atoms in total. The van der Waals surface area contributed by atoms with Gasteiger partial charge in [-0.1, -0.05) is 0 Å². The maximum absolute atomic E-state index is 11.8. The van der Waals surface area contributed by atoms with Crippen LogP contribution in [0.1, 0.15) is 25.7 Å². The van der Waals surface area contributed by atoms with E-state index < -0.39 is 12.3 Å². The van der Waals surface area contributed by atoms with Crippen LogP contribution in [-0.2, 0) is 14.3 Å². The zero-order chi connectivity index (χ0) is 15.7. The molecule has 0 aromatic rings. The van der Waals surface area contributed by atoms with Crippen molar-refractivity contribution < 1.29 is 19.4 Å². The molecule has 0 aromatic carbocycles. The number of rotatable bonds is 6. The Balaban J connectivity index is 2.72. The van der Waals surface area contributed by atoms with Gasteiger partial charge in [0.2, 0.25) is 5.91 Å². The molecule has 2 atom stereocenters. The van der Waals surface area contributed by atoms with E-state index in [-0.39, 0.29) is 43.8 Å². The molecule has 1 heterocycles. The summed E-state index contributed by atoms with van der Waals surface area (Å²) in [6.07, 6.45) is 0.486. The molecule has 8 heteroatoms. The third kappa shape index (κ3) is 7.08. The van der Waals surface area contributed by atoms with E-state index in [1.54, 1.807) is 4.90 Å². The predicted octanol–water partition coefficient (Wildman–Crippen LogP) is -0.270. The van der Waals surface area contributed by atoms with E-state index in [4.69, 9.17) is 22.1 Å². The minimum absolute atomic E-state index is 0.0571. The molecule has 1 radical (unpaired) electrons. The third-order valence-electron chi connectivity index (χ3n) is 3.21. The summed E-state index contributed by atoms with van der Waals surface area (Å²) in [6.45, 7) is 0.758. The zero-order valence-electron chi connectivity index (χ0n) is 12.0. The molecular formula is C13H23ClN3O4. The number of nitrogens with one attached hydrogen (secondary N) is 2. The van der Waals surface area contributed by atoms with E-state index in [0.717, 1.165) is 0 Å². The second-order valence-corrected chi connectivity index (χ2v) is 5.32. The first-order valence-electron chi connectivity index (χ1n) is 7.15. The Bertz CT molecular complexity index is 343. The number of alkyl halides is 1. The Morgan fingerprint density at radius 2 is 2.14 bits per heavy atom. The topological polar surface area (TPSA) is 103 Å². The van der Waals surface area contributed by atoms with Gasteiger partial charge in [-0.05, 0) is 12.8 Å². The number of hydrogen-bond donors (Lipinski definition) is 2. The maximum atomic E-state index is 11.8. The lowest BCUT2D eigenvalue weighted by molar-refractivity contribution is -0.161. The van der Waals surface area contributed by atoms with Crippen molar-refractivity contribution in [3.8, 4) is 0 Å². The van der Waals surface area contributed by atoms with Crippen molar-refractivity contribution in [3.05, 3.63) is 0 Å². The Kier molecular flexibility index (Phi) is 8.60. The van der Waals surface area contributed by atoms with Crippen LogP contribution in [0.5, 0.6) is 0 Å². The number of nitrogens with zero attached hydrogens (tertiary/aromatic N) is 1. The summed E-state index contributed by atoms with van der Waals surface area (Å²) in [5, 5.41) is 12.4. The molecule has 1 aliphatic rings. The molecule has 1 rings (SSSR count). The molecule has 0 spiro atoms. The summed E-state index contributed by atoms with van der Waals surface area (Å²) in [5.74, 6) is -0.352. The van der Waals surface area contributed by atoms with E-state index in [9.17, 15) is 14.7 Å². The fourth-order valence-electron chi connectivity index (χ4n) is 2.12. The normalized spacial score (nSPS) is 22.6. The molecule has 0 aromatic heterocycles. The standard InChI is InChI=1S/C13H23ClN3O4/c14-7-10(18)9-17(6-5-15)12-8-16-11(19)3-1-2-4-13(20)21-12/h10,12,15,18H,1-9H2,(H,16,19). The van der Waals surface area contributed by atoms with Gasteiger partial charge < -0.3 is 15.2 Å². The summed E-state index contributed by atoms with van der Waals surface area (Å²) in [5.41, 5.74) is 7.34. The van der Waals surface area contributed by atoms with E-state index in [1.165, 1.54) is 0 Å². The SMILES string of the molecule is [NH]CCN(CC(O)CCl)C1CNC(=O)CCCCC(=O)O1. The Hall–Kier alpha value is -0.890. The van der Waals surface area contributed by atoms with Gasteiger partial charge in [-0.2, -0.15) is 0 Å². The number of carbonyl (C=O) groups excluding carboxylic acids is 2. The van der Waals surface area contributed by atoms with Crippen LogP contribution in [-0.4, -0.2) is 66.3 Å². The molecule has 1 fully saturated rings. The Morgan fingerprint density at radius 1 is 1.43 bits per heavy atom. The van der Waals surface area contributed by atoms with Gasteiger partial charge >= 0.3 is 5.97 Å². The molecule has 0 bridgehead atoms. The lowest BCUT2D eigenvalue weighted by atomic mass is 10.2. The number of ether oxygens (including phenoxy) is 1. The van der Waals surface area contributed by atoms with Gasteiger partial charge in [-0.15, -0.1) is 11.6 Å². The largest absolute Gasteiger partial charge is 0.444 e. The first kappa shape index (κ1) is 18.2. The Morgan fingerprint density at radius 3 is 2.81 bits per heavy atom. The van der Waals surface area contributed by atoms with Crippen molar-refractivity contribution in [1.82, 2.24) is 16.0 Å². The van der Waals surface area contributed by atoms with Gasteiger partial charge in [0.25, 0.3) is 0 Å². The number of hydrogen-bond acceptors (Lipinski definition) is 5. The quantitative estimate of drug-likeness (QED) is 0.518. The van der Waals surface area contributed by atoms with E-state index in [0.29, 0.717) is 25.8 Å². The number of amides is 1. The predicted molar refractivity (Wildman–Crippen MR) is 77.6 cm³/mol. The summed E-state index contributed by atoms with van der Waals surface area (Å²) in [6, 6.07) is 0. The molecule has 21 heavy (non-hydrogen) atoms. The van der Waals surface area contributed by atoms with E-state index in [1.807, 2.05) is 0 Å². The van der Waals surface area contributed by atoms with Crippen LogP contribution >= 0.6 is 11.6 Å². The van der Waals surface area contributed by atoms with Crippen LogP contribution < -0.4 is 11.1 Å². The van der Waals surface area contributed by atoms with Crippen molar-refractivity contribution in [1.29, 1.82) is 0 Å². The molecule has 3 N–H and O–H groups in total. The molecule has 2 unspecified atom stereocenters. The average Bonchev–Trinajstić information content (AvgIpc) is 2.47. The van der Waals surface area contributed by atoms with E-state index in [2.05, 4.69) is 5.32 Å². The fraction of sp³-hybridized carbons (Fsp3) is 0.846. The van der Waals surface area contributed by atoms with Gasteiger partial charge in [0, 0.05) is 38.4 Å². The molecule has 0 aliphatic carbocycles. The molecule has 1 amide bonds. The lowest BCUT2D eigenvalue weighted by Crippen LogP contribution is -2.50. The van der Waals surface area contributed by atoms with Crippen LogP contribution in [0.2, 0.25) is 0 Å². The van der Waals surface area contributed by atoms with Crippen LogP contribution in [0.25, 0.3) is 0 Å². The molecule has 1 aliphatic heterocycles. The summed E-state index contributed by atoms with van der Waals surface area (Å²) in [7, 11) is 0. The Labute approximate surface area is 129 Å². The second-order valence-electron chi connectivity index (χ2n) is 5.01. The zero-order valence-corrected chi connectivity index (χ0v) is 12.8. The first-order valence-corrected chi connectivity index (χ1v) is 7.69. The number of aliphatic hydroxyl groups excluding tert-OH is 1. The number of aliphatic hydroxyl groups is 1. The van der Waals surface area contributed by atoms with Gasteiger partial charge in [-0.3, -0.25) is 20.2 Å². The van der Waals surface area contributed by atoms with E-state index >= 15 is 0 Å². The number of esters is 1. The number of halogens is 1. The van der Waals surface area contributed by atoms with Crippen LogP contribution in [0.3, 0.4) is 0 Å². The average molecular weight is 321 g/mol. The monoisotopic (exact) mass is 320 g/mol. The van der Waals surface area contributed by atoms with Crippen molar-refractivity contribution in [2.24, 2.45) is 0 Å². The van der Waals surface area contributed by atoms with Crippen molar-refractivity contribution in [2.75, 3.05) is 32.1 Å². The maximum Gasteiger partial charge on any atom is 0.307 e. The minimum atomic E-state index is -0.775. The highest BCUT2D eigenvalue weighted by Gasteiger charge is 2.25. The van der Waals surface area contributed by atoms with Gasteiger partial charge in [0.1, 0.15) is 0 Å². The minimum Gasteiger partial charge on any atom is -0.444 e. The highest BCUT2D eigenvalue weighted by atomic mass is 35.5. The van der Waals surface area contributed by atoms with Gasteiger partial charge in [-0.25, -0.2) is 0 Å². The molecule has 121 valence electrons. The van der Waals surface area contributed by atoms with Crippen LogP contribution in [0, 0.1) is 0 Å². The number of carbonyl (C=O) groups is 2. The molecule has 0 saturated carbocycles. The highest BCUT2D eigenvalue weighted by Crippen LogP contribution is 2.10.